The van der Waals surface area contributed by atoms with Crippen LogP contribution in [0.3, 0.4) is 0 Å². The number of nitrogens with zero attached hydrogens (tertiary/aromatic N) is 1. The van der Waals surface area contributed by atoms with Crippen molar-refractivity contribution in [2.24, 2.45) is 0 Å². The van der Waals surface area contributed by atoms with E-state index < -0.39 is 9.84 Å². The van der Waals surface area contributed by atoms with Crippen molar-refractivity contribution in [3.05, 3.63) is 34.3 Å². The van der Waals surface area contributed by atoms with Crippen molar-refractivity contribution in [3.63, 3.8) is 0 Å². The first-order chi connectivity index (χ1) is 9.41. The van der Waals surface area contributed by atoms with Gasteiger partial charge in [0, 0.05) is 17.1 Å². The third-order valence-corrected chi connectivity index (χ3v) is 5.86. The summed E-state index contributed by atoms with van der Waals surface area (Å²) >= 11 is 3.36. The van der Waals surface area contributed by atoms with Crippen LogP contribution in [0.25, 0.3) is 0 Å². The number of likely N-dealkylation sites (N-methyl/N-ethyl adjacent to an activating group) is 1. The molecule has 2 rings (SSSR count). The molecule has 1 heterocycles. The summed E-state index contributed by atoms with van der Waals surface area (Å²) in [5.74, 6) is 0.295. The van der Waals surface area contributed by atoms with Gasteiger partial charge >= 0.3 is 0 Å². The number of hydrogen-bond donors (Lipinski definition) is 0. The Balaban J connectivity index is 2.04. The lowest BCUT2D eigenvalue weighted by Crippen LogP contribution is -2.41. The molecule has 1 aliphatic rings. The predicted octanol–water partition coefficient (Wildman–Crippen LogP) is 2.03. The van der Waals surface area contributed by atoms with Gasteiger partial charge in [0.2, 0.25) is 5.91 Å². The summed E-state index contributed by atoms with van der Waals surface area (Å²) in [4.78, 5) is 14.0. The molecule has 1 aromatic rings. The van der Waals surface area contributed by atoms with Crippen molar-refractivity contribution in [1.29, 1.82) is 0 Å². The van der Waals surface area contributed by atoms with E-state index in [1.807, 2.05) is 31.2 Å². The first-order valence-electron chi connectivity index (χ1n) is 6.65. The van der Waals surface area contributed by atoms with Crippen molar-refractivity contribution in [3.8, 4) is 0 Å². The van der Waals surface area contributed by atoms with Gasteiger partial charge in [-0.1, -0.05) is 28.1 Å². The number of halogens is 1. The van der Waals surface area contributed by atoms with E-state index in [9.17, 15) is 13.2 Å². The Bertz CT molecular complexity index is 583. The fraction of sp³-hybridized carbons (Fsp3) is 0.500. The number of benzene rings is 1. The Morgan fingerprint density at radius 3 is 2.50 bits per heavy atom. The molecule has 1 aromatic carbocycles. The SMILES string of the molecule is CCN(C(=O)Cc1ccc(Br)cc1)C1CCS(=O)(=O)C1. The summed E-state index contributed by atoms with van der Waals surface area (Å²) in [6, 6.07) is 7.45. The number of carbonyl (C=O) groups is 1. The van der Waals surface area contributed by atoms with E-state index in [0.717, 1.165) is 10.0 Å². The molecule has 1 atom stereocenters. The van der Waals surface area contributed by atoms with Crippen LogP contribution in [-0.4, -0.2) is 43.3 Å². The van der Waals surface area contributed by atoms with Crippen LogP contribution in [0.1, 0.15) is 18.9 Å². The zero-order chi connectivity index (χ0) is 14.8. The first kappa shape index (κ1) is 15.5. The maximum Gasteiger partial charge on any atom is 0.227 e. The first-order valence-corrected chi connectivity index (χ1v) is 9.27. The van der Waals surface area contributed by atoms with Gasteiger partial charge in [0.1, 0.15) is 0 Å². The van der Waals surface area contributed by atoms with Crippen LogP contribution in [0, 0.1) is 0 Å². The second-order valence-electron chi connectivity index (χ2n) is 5.04. The van der Waals surface area contributed by atoms with E-state index in [-0.39, 0.29) is 23.5 Å². The second kappa shape index (κ2) is 6.26. The van der Waals surface area contributed by atoms with E-state index in [2.05, 4.69) is 15.9 Å². The van der Waals surface area contributed by atoms with Gasteiger partial charge in [-0.25, -0.2) is 8.42 Å². The molecule has 20 heavy (non-hydrogen) atoms. The second-order valence-corrected chi connectivity index (χ2v) is 8.18. The van der Waals surface area contributed by atoms with Crippen LogP contribution in [0.4, 0.5) is 0 Å². The molecule has 0 N–H and O–H groups in total. The summed E-state index contributed by atoms with van der Waals surface area (Å²) in [7, 11) is -2.96. The summed E-state index contributed by atoms with van der Waals surface area (Å²) in [5.41, 5.74) is 0.942. The lowest BCUT2D eigenvalue weighted by Gasteiger charge is -2.27. The van der Waals surface area contributed by atoms with Gasteiger partial charge < -0.3 is 4.90 Å². The number of amides is 1. The van der Waals surface area contributed by atoms with E-state index >= 15 is 0 Å². The topological polar surface area (TPSA) is 54.5 Å². The lowest BCUT2D eigenvalue weighted by atomic mass is 10.1. The maximum absolute atomic E-state index is 12.3. The molecule has 4 nitrogen and oxygen atoms in total. The molecular formula is C14H18BrNO3S. The molecule has 110 valence electrons. The third-order valence-electron chi connectivity index (χ3n) is 3.58. The minimum Gasteiger partial charge on any atom is -0.339 e. The third kappa shape index (κ3) is 3.82. The average Bonchev–Trinajstić information content (AvgIpc) is 2.73. The minimum atomic E-state index is -2.96. The van der Waals surface area contributed by atoms with E-state index in [1.165, 1.54) is 0 Å². The van der Waals surface area contributed by atoms with E-state index in [0.29, 0.717) is 19.4 Å². The van der Waals surface area contributed by atoms with Crippen molar-refractivity contribution < 1.29 is 13.2 Å². The number of carbonyl (C=O) groups excluding carboxylic acids is 1. The monoisotopic (exact) mass is 359 g/mol. The fourth-order valence-electron chi connectivity index (χ4n) is 2.54. The van der Waals surface area contributed by atoms with Crippen LogP contribution in [0.5, 0.6) is 0 Å². The fourth-order valence-corrected chi connectivity index (χ4v) is 4.53. The lowest BCUT2D eigenvalue weighted by molar-refractivity contribution is -0.132. The molecule has 1 aliphatic heterocycles. The van der Waals surface area contributed by atoms with Gasteiger partial charge in [0.25, 0.3) is 0 Å². The van der Waals surface area contributed by atoms with Gasteiger partial charge in [0.05, 0.1) is 17.9 Å². The summed E-state index contributed by atoms with van der Waals surface area (Å²) in [6.07, 6.45) is 0.875. The standard InChI is InChI=1S/C14H18BrNO3S/c1-2-16(13-7-8-20(18,19)10-13)14(17)9-11-3-5-12(15)6-4-11/h3-6,13H,2,7-10H2,1H3. The Morgan fingerprint density at radius 2 is 2.00 bits per heavy atom. The molecule has 0 radical (unpaired) electrons. The summed E-state index contributed by atoms with van der Waals surface area (Å²) in [5, 5.41) is 0. The van der Waals surface area contributed by atoms with Crippen LogP contribution >= 0.6 is 15.9 Å². The number of rotatable bonds is 4. The molecule has 0 saturated carbocycles. The minimum absolute atomic E-state index is 0.00285. The highest BCUT2D eigenvalue weighted by atomic mass is 79.9. The molecule has 1 amide bonds. The van der Waals surface area contributed by atoms with E-state index in [4.69, 9.17) is 0 Å². The number of hydrogen-bond acceptors (Lipinski definition) is 3. The Labute approximate surface area is 128 Å². The molecule has 0 aliphatic carbocycles. The molecule has 0 aromatic heterocycles. The average molecular weight is 360 g/mol. The highest BCUT2D eigenvalue weighted by molar-refractivity contribution is 9.10. The van der Waals surface area contributed by atoms with Crippen LogP contribution < -0.4 is 0 Å². The summed E-state index contributed by atoms with van der Waals surface area (Å²) < 4.78 is 24.0. The van der Waals surface area contributed by atoms with Crippen LogP contribution in [0.15, 0.2) is 28.7 Å². The molecule has 1 unspecified atom stereocenters. The maximum atomic E-state index is 12.3. The van der Waals surface area contributed by atoms with Gasteiger partial charge in [-0.3, -0.25) is 4.79 Å². The molecule has 0 spiro atoms. The van der Waals surface area contributed by atoms with Gasteiger partial charge in [0.15, 0.2) is 9.84 Å². The van der Waals surface area contributed by atoms with Crippen LogP contribution in [-0.2, 0) is 21.1 Å². The van der Waals surface area contributed by atoms with Crippen LogP contribution in [0.2, 0.25) is 0 Å². The molecule has 6 heteroatoms. The Morgan fingerprint density at radius 1 is 1.35 bits per heavy atom. The smallest absolute Gasteiger partial charge is 0.227 e. The molecule has 1 saturated heterocycles. The van der Waals surface area contributed by atoms with Crippen molar-refractivity contribution >= 4 is 31.7 Å². The van der Waals surface area contributed by atoms with Gasteiger partial charge in [-0.2, -0.15) is 0 Å². The summed E-state index contributed by atoms with van der Waals surface area (Å²) in [6.45, 7) is 2.44. The Hall–Kier alpha value is -0.880. The number of sulfone groups is 1. The van der Waals surface area contributed by atoms with Gasteiger partial charge in [-0.05, 0) is 31.0 Å². The highest BCUT2D eigenvalue weighted by Crippen LogP contribution is 2.19. The van der Waals surface area contributed by atoms with Crippen molar-refractivity contribution in [2.75, 3.05) is 18.1 Å². The highest BCUT2D eigenvalue weighted by Gasteiger charge is 2.33. The molecule has 1 fully saturated rings. The van der Waals surface area contributed by atoms with Crippen molar-refractivity contribution in [1.82, 2.24) is 4.90 Å². The zero-order valence-corrected chi connectivity index (χ0v) is 13.8. The molecular weight excluding hydrogens is 342 g/mol. The predicted molar refractivity (Wildman–Crippen MR) is 82.3 cm³/mol. The zero-order valence-electron chi connectivity index (χ0n) is 11.4. The molecule has 0 bridgehead atoms. The van der Waals surface area contributed by atoms with E-state index in [1.54, 1.807) is 4.90 Å². The largest absolute Gasteiger partial charge is 0.339 e. The van der Waals surface area contributed by atoms with Gasteiger partial charge in [-0.15, -0.1) is 0 Å². The normalized spacial score (nSPS) is 20.8. The Kier molecular flexibility index (Phi) is 4.86. The quantitative estimate of drug-likeness (QED) is 0.826. The van der Waals surface area contributed by atoms with Crippen molar-refractivity contribution in [2.45, 2.75) is 25.8 Å².